The van der Waals surface area contributed by atoms with E-state index in [2.05, 4.69) is 19.9 Å². The third-order valence-electron chi connectivity index (χ3n) is 7.15. The van der Waals surface area contributed by atoms with Gasteiger partial charge in [-0.25, -0.2) is 0 Å². The summed E-state index contributed by atoms with van der Waals surface area (Å²) in [5.41, 5.74) is 3.03. The molecule has 0 bridgehead atoms. The Labute approximate surface area is 232 Å². The summed E-state index contributed by atoms with van der Waals surface area (Å²) in [6.45, 7) is 9.80. The molecule has 0 saturated carbocycles. The SMILES string of the molecule is CCc1ccc(Oc2ccc(-c3cc(C(F)(F)F)c(C#N)c(=O)n3Cc3ccc(C)cc3C)cc2C)c(CC)c1. The number of ether oxygens (including phenoxy) is 1. The zero-order chi connectivity index (χ0) is 29.2. The Bertz CT molecular complexity index is 1680. The van der Waals surface area contributed by atoms with Gasteiger partial charge < -0.3 is 9.30 Å². The van der Waals surface area contributed by atoms with E-state index in [1.165, 1.54) is 16.2 Å². The van der Waals surface area contributed by atoms with Gasteiger partial charge in [-0.15, -0.1) is 0 Å². The van der Waals surface area contributed by atoms with Gasteiger partial charge in [-0.2, -0.15) is 18.4 Å². The molecule has 1 aromatic heterocycles. The first-order valence-corrected chi connectivity index (χ1v) is 13.2. The Balaban J connectivity index is 1.85. The van der Waals surface area contributed by atoms with Crippen LogP contribution >= 0.6 is 0 Å². The normalized spacial score (nSPS) is 11.4. The van der Waals surface area contributed by atoms with E-state index in [1.54, 1.807) is 18.2 Å². The average Bonchev–Trinajstić information content (AvgIpc) is 2.91. The number of halogens is 3. The molecule has 1 heterocycles. The van der Waals surface area contributed by atoms with Gasteiger partial charge in [-0.3, -0.25) is 4.79 Å². The first kappa shape index (κ1) is 28.7. The van der Waals surface area contributed by atoms with Crippen molar-refractivity contribution in [1.82, 2.24) is 4.57 Å². The first-order valence-electron chi connectivity index (χ1n) is 13.2. The van der Waals surface area contributed by atoms with Crippen molar-refractivity contribution in [2.45, 2.75) is 60.2 Å². The van der Waals surface area contributed by atoms with E-state index in [4.69, 9.17) is 4.74 Å². The summed E-state index contributed by atoms with van der Waals surface area (Å²) < 4.78 is 49.4. The van der Waals surface area contributed by atoms with Crippen LogP contribution in [-0.2, 0) is 25.6 Å². The van der Waals surface area contributed by atoms with E-state index in [1.807, 2.05) is 51.1 Å². The molecular weight excluding hydrogens is 513 g/mol. The van der Waals surface area contributed by atoms with Crippen LogP contribution in [0.15, 0.2) is 65.5 Å². The fraction of sp³-hybridized carbons (Fsp3) is 0.273. The lowest BCUT2D eigenvalue weighted by molar-refractivity contribution is -0.137. The van der Waals surface area contributed by atoms with Crippen molar-refractivity contribution < 1.29 is 17.9 Å². The molecule has 7 heteroatoms. The zero-order valence-electron chi connectivity index (χ0n) is 23.2. The second kappa shape index (κ2) is 11.4. The van der Waals surface area contributed by atoms with E-state index in [9.17, 15) is 23.2 Å². The number of nitrogens with zero attached hydrogens (tertiary/aromatic N) is 2. The standard InChI is InChI=1S/C33H31F3N2O2/c1-6-23-9-12-31(24(7-2)16-23)40-30-13-11-25(15-22(30)5)29-17-28(33(34,35)36)27(18-37)32(39)38(29)19-26-10-8-20(3)14-21(26)4/h8-17H,6-7,19H2,1-5H3. The molecule has 0 unspecified atom stereocenters. The number of rotatable bonds is 7. The van der Waals surface area contributed by atoms with E-state index < -0.39 is 22.9 Å². The van der Waals surface area contributed by atoms with Crippen molar-refractivity contribution in [2.75, 3.05) is 0 Å². The largest absolute Gasteiger partial charge is 0.457 e. The summed E-state index contributed by atoms with van der Waals surface area (Å²) in [6.07, 6.45) is -3.16. The molecule has 206 valence electrons. The number of alkyl halides is 3. The molecular formula is C33H31F3N2O2. The third kappa shape index (κ3) is 5.81. The summed E-state index contributed by atoms with van der Waals surface area (Å²) >= 11 is 0. The molecule has 0 atom stereocenters. The molecule has 40 heavy (non-hydrogen) atoms. The number of aryl methyl sites for hydroxylation is 5. The van der Waals surface area contributed by atoms with Crippen LogP contribution in [0.3, 0.4) is 0 Å². The minimum absolute atomic E-state index is 0.0219. The fourth-order valence-electron chi connectivity index (χ4n) is 4.84. The van der Waals surface area contributed by atoms with Crippen molar-refractivity contribution in [1.29, 1.82) is 5.26 Å². The highest BCUT2D eigenvalue weighted by molar-refractivity contribution is 5.65. The minimum atomic E-state index is -4.86. The number of benzene rings is 3. The van der Waals surface area contributed by atoms with E-state index in [0.29, 0.717) is 16.9 Å². The average molecular weight is 545 g/mol. The van der Waals surface area contributed by atoms with Gasteiger partial charge in [0.25, 0.3) is 5.56 Å². The van der Waals surface area contributed by atoms with Gasteiger partial charge >= 0.3 is 6.18 Å². The maximum absolute atomic E-state index is 14.0. The Hall–Kier alpha value is -4.31. The summed E-state index contributed by atoms with van der Waals surface area (Å²) in [4.78, 5) is 13.4. The first-order chi connectivity index (χ1) is 19.0. The lowest BCUT2D eigenvalue weighted by Crippen LogP contribution is -2.29. The van der Waals surface area contributed by atoms with Gasteiger partial charge in [0, 0.05) is 0 Å². The quantitative estimate of drug-likeness (QED) is 0.235. The van der Waals surface area contributed by atoms with Crippen LogP contribution in [0.4, 0.5) is 13.2 Å². The zero-order valence-corrected chi connectivity index (χ0v) is 23.2. The van der Waals surface area contributed by atoms with Crippen molar-refractivity contribution in [2.24, 2.45) is 0 Å². The van der Waals surface area contributed by atoms with Crippen molar-refractivity contribution in [3.63, 3.8) is 0 Å². The highest BCUT2D eigenvalue weighted by Crippen LogP contribution is 2.36. The second-order valence-electron chi connectivity index (χ2n) is 9.98. The maximum atomic E-state index is 14.0. The molecule has 0 radical (unpaired) electrons. The second-order valence-corrected chi connectivity index (χ2v) is 9.98. The molecule has 0 amide bonds. The summed E-state index contributed by atoms with van der Waals surface area (Å²) in [5, 5.41) is 9.52. The van der Waals surface area contributed by atoms with Gasteiger partial charge in [-0.05, 0) is 97.3 Å². The van der Waals surface area contributed by atoms with Gasteiger partial charge in [0.15, 0.2) is 0 Å². The molecule has 4 aromatic rings. The summed E-state index contributed by atoms with van der Waals surface area (Å²) in [5.74, 6) is 1.29. The predicted octanol–water partition coefficient (Wildman–Crippen LogP) is 8.30. The fourth-order valence-corrected chi connectivity index (χ4v) is 4.84. The van der Waals surface area contributed by atoms with Crippen molar-refractivity contribution in [3.05, 3.63) is 116 Å². The molecule has 4 rings (SSSR count). The molecule has 0 spiro atoms. The molecule has 0 N–H and O–H groups in total. The Morgan fingerprint density at radius 2 is 1.57 bits per heavy atom. The topological polar surface area (TPSA) is 55.0 Å². The van der Waals surface area contributed by atoms with Crippen LogP contribution in [-0.4, -0.2) is 4.57 Å². The van der Waals surface area contributed by atoms with Crippen molar-refractivity contribution in [3.8, 4) is 28.8 Å². The molecule has 0 aliphatic carbocycles. The number of hydrogen-bond acceptors (Lipinski definition) is 3. The number of hydrogen-bond donors (Lipinski definition) is 0. The molecule has 0 saturated heterocycles. The Morgan fingerprint density at radius 3 is 2.17 bits per heavy atom. The third-order valence-corrected chi connectivity index (χ3v) is 7.15. The lowest BCUT2D eigenvalue weighted by Gasteiger charge is -2.20. The van der Waals surface area contributed by atoms with Gasteiger partial charge in [0.05, 0.1) is 17.8 Å². The lowest BCUT2D eigenvalue weighted by atomic mass is 10.0. The highest BCUT2D eigenvalue weighted by Gasteiger charge is 2.36. The van der Waals surface area contributed by atoms with E-state index >= 15 is 0 Å². The molecule has 0 aliphatic heterocycles. The van der Waals surface area contributed by atoms with Crippen LogP contribution in [0.2, 0.25) is 0 Å². The Morgan fingerprint density at radius 1 is 0.850 bits per heavy atom. The van der Waals surface area contributed by atoms with Crippen molar-refractivity contribution >= 4 is 0 Å². The monoisotopic (exact) mass is 544 g/mol. The molecule has 0 aliphatic rings. The van der Waals surface area contributed by atoms with E-state index in [0.717, 1.165) is 46.9 Å². The predicted molar refractivity (Wildman–Crippen MR) is 151 cm³/mol. The van der Waals surface area contributed by atoms with Crippen LogP contribution in [0.5, 0.6) is 11.5 Å². The van der Waals surface area contributed by atoms with Gasteiger partial charge in [0.2, 0.25) is 0 Å². The number of aromatic nitrogens is 1. The van der Waals surface area contributed by atoms with Crippen LogP contribution in [0.1, 0.15) is 58.4 Å². The summed E-state index contributed by atoms with van der Waals surface area (Å²) in [6, 6.07) is 19.2. The summed E-state index contributed by atoms with van der Waals surface area (Å²) in [7, 11) is 0. The Kier molecular flexibility index (Phi) is 8.20. The van der Waals surface area contributed by atoms with E-state index in [-0.39, 0.29) is 12.2 Å². The highest BCUT2D eigenvalue weighted by atomic mass is 19.4. The number of nitriles is 1. The van der Waals surface area contributed by atoms with Crippen LogP contribution in [0.25, 0.3) is 11.3 Å². The molecule has 3 aromatic carbocycles. The van der Waals surface area contributed by atoms with Gasteiger partial charge in [0.1, 0.15) is 23.1 Å². The maximum Gasteiger partial charge on any atom is 0.417 e. The van der Waals surface area contributed by atoms with Crippen LogP contribution in [0, 0.1) is 32.1 Å². The minimum Gasteiger partial charge on any atom is -0.457 e. The molecule has 0 fully saturated rings. The number of pyridine rings is 1. The van der Waals surface area contributed by atoms with Gasteiger partial charge in [-0.1, -0.05) is 49.7 Å². The molecule has 4 nitrogen and oxygen atoms in total. The van der Waals surface area contributed by atoms with Crippen LogP contribution < -0.4 is 10.3 Å². The smallest absolute Gasteiger partial charge is 0.417 e.